The first kappa shape index (κ1) is 11.3. The van der Waals surface area contributed by atoms with Crippen molar-refractivity contribution < 1.29 is 14.7 Å². The maximum absolute atomic E-state index is 10.7. The van der Waals surface area contributed by atoms with E-state index in [2.05, 4.69) is 0 Å². The molecule has 2 N–H and O–H groups in total. The van der Waals surface area contributed by atoms with Gasteiger partial charge < -0.3 is 4.74 Å². The van der Waals surface area contributed by atoms with Crippen molar-refractivity contribution in [2.75, 3.05) is 7.11 Å². The SMILES string of the molecule is COc1ccc(/C=C/CC(=O)NO)cc1. The molecule has 0 bridgehead atoms. The molecular formula is C11H13NO3. The largest absolute Gasteiger partial charge is 0.497 e. The molecule has 0 aromatic heterocycles. The Hall–Kier alpha value is -1.81. The Morgan fingerprint density at radius 1 is 1.47 bits per heavy atom. The van der Waals surface area contributed by atoms with Gasteiger partial charge in [0.2, 0.25) is 5.91 Å². The highest BCUT2D eigenvalue weighted by atomic mass is 16.5. The first-order valence-electron chi connectivity index (χ1n) is 4.50. The number of ether oxygens (including phenoxy) is 1. The van der Waals surface area contributed by atoms with E-state index in [0.29, 0.717) is 0 Å². The molecule has 0 fully saturated rings. The Bertz CT molecular complexity index is 343. The van der Waals surface area contributed by atoms with Gasteiger partial charge in [0.1, 0.15) is 5.75 Å². The van der Waals surface area contributed by atoms with E-state index in [-0.39, 0.29) is 6.42 Å². The van der Waals surface area contributed by atoms with E-state index in [1.165, 1.54) is 0 Å². The van der Waals surface area contributed by atoms with Gasteiger partial charge in [-0.2, -0.15) is 0 Å². The van der Waals surface area contributed by atoms with E-state index < -0.39 is 5.91 Å². The molecule has 0 saturated carbocycles. The third-order valence-corrected chi connectivity index (χ3v) is 1.85. The van der Waals surface area contributed by atoms with Crippen molar-refractivity contribution in [3.63, 3.8) is 0 Å². The number of hydroxylamine groups is 1. The summed E-state index contributed by atoms with van der Waals surface area (Å²) in [5.74, 6) is 0.361. The van der Waals surface area contributed by atoms with Crippen LogP contribution < -0.4 is 10.2 Å². The van der Waals surface area contributed by atoms with Gasteiger partial charge in [0.05, 0.1) is 7.11 Å². The molecule has 1 aromatic carbocycles. The predicted molar refractivity (Wildman–Crippen MR) is 56.6 cm³/mol. The number of benzene rings is 1. The van der Waals surface area contributed by atoms with Crippen LogP contribution in [0.25, 0.3) is 6.08 Å². The molecule has 15 heavy (non-hydrogen) atoms. The van der Waals surface area contributed by atoms with Crippen molar-refractivity contribution in [2.24, 2.45) is 0 Å². The molecular weight excluding hydrogens is 194 g/mol. The topological polar surface area (TPSA) is 58.6 Å². The first-order chi connectivity index (χ1) is 7.26. The summed E-state index contributed by atoms with van der Waals surface area (Å²) in [6.07, 6.45) is 3.63. The van der Waals surface area contributed by atoms with Crippen LogP contribution in [0.1, 0.15) is 12.0 Å². The Morgan fingerprint density at radius 3 is 2.67 bits per heavy atom. The highest BCUT2D eigenvalue weighted by molar-refractivity contribution is 5.77. The van der Waals surface area contributed by atoms with E-state index >= 15 is 0 Å². The minimum atomic E-state index is -0.431. The van der Waals surface area contributed by atoms with Crippen LogP contribution in [0.4, 0.5) is 0 Å². The summed E-state index contributed by atoms with van der Waals surface area (Å²) in [6, 6.07) is 7.44. The molecule has 0 saturated heterocycles. The summed E-state index contributed by atoms with van der Waals surface area (Å²) < 4.78 is 5.01. The van der Waals surface area contributed by atoms with Gasteiger partial charge >= 0.3 is 0 Å². The number of hydrogen-bond acceptors (Lipinski definition) is 3. The quantitative estimate of drug-likeness (QED) is 0.582. The average Bonchev–Trinajstić information content (AvgIpc) is 2.29. The molecule has 0 unspecified atom stereocenters. The molecule has 0 spiro atoms. The zero-order chi connectivity index (χ0) is 11.1. The number of carbonyl (C=O) groups excluding carboxylic acids is 1. The highest BCUT2D eigenvalue weighted by Gasteiger charge is 1.93. The zero-order valence-electron chi connectivity index (χ0n) is 8.43. The Balaban J connectivity index is 2.53. The van der Waals surface area contributed by atoms with Crippen LogP contribution in [0.2, 0.25) is 0 Å². The van der Waals surface area contributed by atoms with Gasteiger partial charge in [0, 0.05) is 6.42 Å². The number of carbonyl (C=O) groups is 1. The van der Waals surface area contributed by atoms with E-state index in [1.54, 1.807) is 24.7 Å². The van der Waals surface area contributed by atoms with Crippen molar-refractivity contribution >= 4 is 12.0 Å². The van der Waals surface area contributed by atoms with Gasteiger partial charge in [-0.25, -0.2) is 5.48 Å². The van der Waals surface area contributed by atoms with Gasteiger partial charge in [-0.3, -0.25) is 10.0 Å². The minimum Gasteiger partial charge on any atom is -0.497 e. The third kappa shape index (κ3) is 3.83. The molecule has 4 nitrogen and oxygen atoms in total. The monoisotopic (exact) mass is 207 g/mol. The minimum absolute atomic E-state index is 0.155. The molecule has 0 aliphatic rings. The molecule has 80 valence electrons. The zero-order valence-corrected chi connectivity index (χ0v) is 8.43. The number of nitrogens with one attached hydrogen (secondary N) is 1. The van der Waals surface area contributed by atoms with Crippen LogP contribution in [-0.2, 0) is 4.79 Å². The van der Waals surface area contributed by atoms with Crippen LogP contribution in [0.3, 0.4) is 0 Å². The van der Waals surface area contributed by atoms with Crippen LogP contribution in [-0.4, -0.2) is 18.2 Å². The molecule has 1 rings (SSSR count). The number of rotatable bonds is 4. The molecule has 1 amide bonds. The van der Waals surface area contributed by atoms with Crippen molar-refractivity contribution in [3.05, 3.63) is 35.9 Å². The van der Waals surface area contributed by atoms with E-state index in [0.717, 1.165) is 11.3 Å². The molecule has 0 radical (unpaired) electrons. The standard InChI is InChI=1S/C11H13NO3/c1-15-10-7-5-9(6-8-10)3-2-4-11(13)12-14/h2-3,5-8,14H,4H2,1H3,(H,12,13)/b3-2+. The number of amides is 1. The van der Waals surface area contributed by atoms with E-state index in [4.69, 9.17) is 9.94 Å². The second-order valence-electron chi connectivity index (χ2n) is 2.91. The van der Waals surface area contributed by atoms with Crippen LogP contribution in [0.15, 0.2) is 30.3 Å². The lowest BCUT2D eigenvalue weighted by atomic mass is 10.2. The lowest BCUT2D eigenvalue weighted by molar-refractivity contribution is -0.128. The summed E-state index contributed by atoms with van der Waals surface area (Å²) in [7, 11) is 1.61. The average molecular weight is 207 g/mol. The maximum atomic E-state index is 10.7. The second-order valence-corrected chi connectivity index (χ2v) is 2.91. The van der Waals surface area contributed by atoms with Gasteiger partial charge in [-0.05, 0) is 17.7 Å². The summed E-state index contributed by atoms with van der Waals surface area (Å²) >= 11 is 0. The van der Waals surface area contributed by atoms with E-state index in [9.17, 15) is 4.79 Å². The normalized spacial score (nSPS) is 10.3. The lowest BCUT2D eigenvalue weighted by Gasteiger charge is -1.98. The molecule has 0 atom stereocenters. The Labute approximate surface area is 88.1 Å². The highest BCUT2D eigenvalue weighted by Crippen LogP contribution is 2.12. The Kier molecular flexibility index (Phi) is 4.37. The van der Waals surface area contributed by atoms with Crippen molar-refractivity contribution in [2.45, 2.75) is 6.42 Å². The number of hydrogen-bond donors (Lipinski definition) is 2. The third-order valence-electron chi connectivity index (χ3n) is 1.85. The van der Waals surface area contributed by atoms with Gasteiger partial charge in [0.15, 0.2) is 0 Å². The van der Waals surface area contributed by atoms with Gasteiger partial charge in [-0.15, -0.1) is 0 Å². The van der Waals surface area contributed by atoms with Crippen molar-refractivity contribution in [1.82, 2.24) is 5.48 Å². The summed E-state index contributed by atoms with van der Waals surface area (Å²) in [6.45, 7) is 0. The fraction of sp³-hybridized carbons (Fsp3) is 0.182. The first-order valence-corrected chi connectivity index (χ1v) is 4.50. The molecule has 0 heterocycles. The second kappa shape index (κ2) is 5.82. The molecule has 0 aliphatic heterocycles. The number of methoxy groups -OCH3 is 1. The molecule has 0 aliphatic carbocycles. The smallest absolute Gasteiger partial charge is 0.247 e. The summed E-state index contributed by atoms with van der Waals surface area (Å²) in [4.78, 5) is 10.7. The fourth-order valence-electron chi connectivity index (χ4n) is 1.06. The lowest BCUT2D eigenvalue weighted by Crippen LogP contribution is -2.16. The molecule has 1 aromatic rings. The van der Waals surface area contributed by atoms with Crippen LogP contribution in [0, 0.1) is 0 Å². The molecule has 4 heteroatoms. The van der Waals surface area contributed by atoms with Crippen LogP contribution in [0.5, 0.6) is 5.75 Å². The van der Waals surface area contributed by atoms with Crippen LogP contribution >= 0.6 is 0 Å². The van der Waals surface area contributed by atoms with Gasteiger partial charge in [0.25, 0.3) is 0 Å². The van der Waals surface area contributed by atoms with E-state index in [1.807, 2.05) is 24.3 Å². The predicted octanol–water partition coefficient (Wildman–Crippen LogP) is 1.60. The van der Waals surface area contributed by atoms with Crippen molar-refractivity contribution in [3.8, 4) is 5.75 Å². The summed E-state index contributed by atoms with van der Waals surface area (Å²) in [5.41, 5.74) is 2.53. The van der Waals surface area contributed by atoms with Gasteiger partial charge in [-0.1, -0.05) is 24.3 Å². The maximum Gasteiger partial charge on any atom is 0.247 e. The van der Waals surface area contributed by atoms with Crippen molar-refractivity contribution in [1.29, 1.82) is 0 Å². The Morgan fingerprint density at radius 2 is 2.13 bits per heavy atom. The summed E-state index contributed by atoms with van der Waals surface area (Å²) in [5, 5.41) is 8.25. The fourth-order valence-corrected chi connectivity index (χ4v) is 1.06.